The first-order valence-corrected chi connectivity index (χ1v) is 8.25. The van der Waals surface area contributed by atoms with Crippen molar-refractivity contribution in [3.05, 3.63) is 29.8 Å². The zero-order valence-electron chi connectivity index (χ0n) is 13.5. The van der Waals surface area contributed by atoms with Crippen molar-refractivity contribution < 1.29 is 4.74 Å². The molecule has 112 valence electrons. The van der Waals surface area contributed by atoms with Crippen LogP contribution in [0.25, 0.3) is 0 Å². The standard InChI is InChI=1S/C17H27NOS/c1-12(18-6)13-8-7-9-14(10-13)20-15-11-16(2,3)19-17(15,4)5/h7-10,12,15,18H,11H2,1-6H3. The van der Waals surface area contributed by atoms with Crippen LogP contribution in [-0.2, 0) is 4.74 Å². The second-order valence-corrected chi connectivity index (χ2v) is 8.13. The van der Waals surface area contributed by atoms with E-state index in [1.54, 1.807) is 0 Å². The van der Waals surface area contributed by atoms with Crippen molar-refractivity contribution in [1.29, 1.82) is 0 Å². The van der Waals surface area contributed by atoms with E-state index in [-0.39, 0.29) is 11.2 Å². The van der Waals surface area contributed by atoms with E-state index in [0.29, 0.717) is 11.3 Å². The van der Waals surface area contributed by atoms with Gasteiger partial charge in [-0.3, -0.25) is 0 Å². The smallest absolute Gasteiger partial charge is 0.0756 e. The van der Waals surface area contributed by atoms with Gasteiger partial charge >= 0.3 is 0 Å². The Labute approximate surface area is 127 Å². The van der Waals surface area contributed by atoms with Crippen LogP contribution in [0.5, 0.6) is 0 Å². The van der Waals surface area contributed by atoms with E-state index in [2.05, 4.69) is 64.2 Å². The predicted molar refractivity (Wildman–Crippen MR) is 87.4 cm³/mol. The molecule has 1 aliphatic rings. The van der Waals surface area contributed by atoms with E-state index in [9.17, 15) is 0 Å². The van der Waals surface area contributed by atoms with Gasteiger partial charge in [-0.1, -0.05) is 12.1 Å². The maximum absolute atomic E-state index is 6.19. The molecule has 20 heavy (non-hydrogen) atoms. The van der Waals surface area contributed by atoms with Gasteiger partial charge in [0.2, 0.25) is 0 Å². The molecule has 1 N–H and O–H groups in total. The van der Waals surface area contributed by atoms with Crippen molar-refractivity contribution in [3.63, 3.8) is 0 Å². The lowest BCUT2D eigenvalue weighted by molar-refractivity contribution is -0.0631. The summed E-state index contributed by atoms with van der Waals surface area (Å²) in [4.78, 5) is 1.34. The molecule has 1 saturated heterocycles. The molecule has 2 atom stereocenters. The Hall–Kier alpha value is -0.510. The summed E-state index contributed by atoms with van der Waals surface area (Å²) in [7, 11) is 2.00. The SMILES string of the molecule is CNC(C)c1cccc(SC2CC(C)(C)OC2(C)C)c1. The van der Waals surface area contributed by atoms with Crippen molar-refractivity contribution in [2.45, 2.75) is 68.4 Å². The van der Waals surface area contributed by atoms with Crippen LogP contribution >= 0.6 is 11.8 Å². The minimum Gasteiger partial charge on any atom is -0.368 e. The summed E-state index contributed by atoms with van der Waals surface area (Å²) >= 11 is 1.95. The van der Waals surface area contributed by atoms with Gasteiger partial charge in [-0.25, -0.2) is 0 Å². The van der Waals surface area contributed by atoms with Gasteiger partial charge in [0, 0.05) is 16.2 Å². The molecule has 2 rings (SSSR count). The topological polar surface area (TPSA) is 21.3 Å². The molecule has 1 aromatic carbocycles. The zero-order chi connectivity index (χ0) is 15.0. The lowest BCUT2D eigenvalue weighted by Gasteiger charge is -2.27. The molecule has 0 aromatic heterocycles. The lowest BCUT2D eigenvalue weighted by atomic mass is 10.0. The molecule has 0 aliphatic carbocycles. The first-order chi connectivity index (χ1) is 9.23. The minimum atomic E-state index is -0.0706. The maximum atomic E-state index is 6.19. The molecule has 0 radical (unpaired) electrons. The van der Waals surface area contributed by atoms with Gasteiger partial charge in [0.15, 0.2) is 0 Å². The van der Waals surface area contributed by atoms with Crippen molar-refractivity contribution >= 4 is 11.8 Å². The molecule has 1 aliphatic heterocycles. The van der Waals surface area contributed by atoms with Crippen molar-refractivity contribution in [2.75, 3.05) is 7.05 Å². The van der Waals surface area contributed by atoms with Crippen molar-refractivity contribution in [2.24, 2.45) is 0 Å². The highest BCUT2D eigenvalue weighted by molar-refractivity contribution is 8.00. The molecule has 0 amide bonds. The fourth-order valence-corrected chi connectivity index (χ4v) is 4.39. The van der Waals surface area contributed by atoms with Gasteiger partial charge in [0.25, 0.3) is 0 Å². The third kappa shape index (κ3) is 3.57. The Morgan fingerprint density at radius 1 is 1.30 bits per heavy atom. The van der Waals surface area contributed by atoms with Crippen molar-refractivity contribution in [1.82, 2.24) is 5.32 Å². The van der Waals surface area contributed by atoms with Crippen LogP contribution < -0.4 is 5.32 Å². The monoisotopic (exact) mass is 293 g/mol. The summed E-state index contributed by atoms with van der Waals surface area (Å²) in [6.45, 7) is 11.0. The van der Waals surface area contributed by atoms with Crippen LogP contribution in [0.3, 0.4) is 0 Å². The largest absolute Gasteiger partial charge is 0.368 e. The van der Waals surface area contributed by atoms with Crippen molar-refractivity contribution in [3.8, 4) is 0 Å². The summed E-state index contributed by atoms with van der Waals surface area (Å²) in [6, 6.07) is 9.23. The second-order valence-electron chi connectivity index (χ2n) is 6.86. The highest BCUT2D eigenvalue weighted by Crippen LogP contribution is 2.46. The first kappa shape index (κ1) is 15.9. The number of benzene rings is 1. The highest BCUT2D eigenvalue weighted by atomic mass is 32.2. The Balaban J connectivity index is 2.14. The zero-order valence-corrected chi connectivity index (χ0v) is 14.3. The number of hydrogen-bond acceptors (Lipinski definition) is 3. The third-order valence-corrected chi connectivity index (χ3v) is 5.61. The lowest BCUT2D eigenvalue weighted by Crippen LogP contribution is -2.30. The molecule has 0 bridgehead atoms. The molecule has 2 unspecified atom stereocenters. The average Bonchev–Trinajstić information content (AvgIpc) is 2.56. The fraction of sp³-hybridized carbons (Fsp3) is 0.647. The molecule has 1 fully saturated rings. The predicted octanol–water partition coefficient (Wildman–Crippen LogP) is 4.41. The molecule has 2 nitrogen and oxygen atoms in total. The van der Waals surface area contributed by atoms with Crippen LogP contribution in [0, 0.1) is 0 Å². The number of ether oxygens (including phenoxy) is 1. The maximum Gasteiger partial charge on any atom is 0.0756 e. The number of hydrogen-bond donors (Lipinski definition) is 1. The summed E-state index contributed by atoms with van der Waals surface area (Å²) in [5.41, 5.74) is 1.25. The van der Waals surface area contributed by atoms with E-state index in [1.165, 1.54) is 10.5 Å². The average molecular weight is 293 g/mol. The van der Waals surface area contributed by atoms with Crippen LogP contribution in [0.1, 0.15) is 52.6 Å². The van der Waals surface area contributed by atoms with E-state index >= 15 is 0 Å². The van der Waals surface area contributed by atoms with Gasteiger partial charge in [-0.05, 0) is 65.8 Å². The quantitative estimate of drug-likeness (QED) is 0.888. The van der Waals surface area contributed by atoms with E-state index in [1.807, 2.05) is 18.8 Å². The normalized spacial score (nSPS) is 25.6. The first-order valence-electron chi connectivity index (χ1n) is 7.37. The van der Waals surface area contributed by atoms with E-state index in [4.69, 9.17) is 4.74 Å². The molecule has 1 heterocycles. The minimum absolute atomic E-state index is 0.0168. The van der Waals surface area contributed by atoms with Crippen LogP contribution in [0.2, 0.25) is 0 Å². The molecular weight excluding hydrogens is 266 g/mol. The Morgan fingerprint density at radius 3 is 2.55 bits per heavy atom. The number of rotatable bonds is 4. The Kier molecular flexibility index (Phi) is 4.53. The number of thioether (sulfide) groups is 1. The van der Waals surface area contributed by atoms with Gasteiger partial charge in [0.1, 0.15) is 0 Å². The summed E-state index contributed by atoms with van der Waals surface area (Å²) in [5.74, 6) is 0. The third-order valence-electron chi connectivity index (χ3n) is 4.06. The Morgan fingerprint density at radius 2 is 2.00 bits per heavy atom. The van der Waals surface area contributed by atoms with Crippen LogP contribution in [-0.4, -0.2) is 23.5 Å². The second kappa shape index (κ2) is 5.70. The van der Waals surface area contributed by atoms with Gasteiger partial charge in [-0.15, -0.1) is 11.8 Å². The van der Waals surface area contributed by atoms with Crippen LogP contribution in [0.15, 0.2) is 29.2 Å². The van der Waals surface area contributed by atoms with Gasteiger partial charge < -0.3 is 10.1 Å². The van der Waals surface area contributed by atoms with Gasteiger partial charge in [0.05, 0.1) is 11.2 Å². The molecule has 0 spiro atoms. The summed E-state index contributed by atoms with van der Waals surface area (Å²) < 4.78 is 6.19. The molecule has 3 heteroatoms. The number of nitrogens with one attached hydrogen (secondary N) is 1. The van der Waals surface area contributed by atoms with E-state index in [0.717, 1.165) is 6.42 Å². The van der Waals surface area contributed by atoms with E-state index < -0.39 is 0 Å². The molecule has 0 saturated carbocycles. The summed E-state index contributed by atoms with van der Waals surface area (Å²) in [5, 5.41) is 3.80. The highest BCUT2D eigenvalue weighted by Gasteiger charge is 2.46. The fourth-order valence-electron chi connectivity index (χ4n) is 2.88. The summed E-state index contributed by atoms with van der Waals surface area (Å²) in [6.07, 6.45) is 1.09. The molecule has 1 aromatic rings. The van der Waals surface area contributed by atoms with Gasteiger partial charge in [-0.2, -0.15) is 0 Å². The van der Waals surface area contributed by atoms with Crippen LogP contribution in [0.4, 0.5) is 0 Å². The molecular formula is C17H27NOS. The Bertz CT molecular complexity index is 470.